The molecule has 1 aliphatic carbocycles. The van der Waals surface area contributed by atoms with Gasteiger partial charge in [0.25, 0.3) is 0 Å². The molecule has 0 bridgehead atoms. The van der Waals surface area contributed by atoms with E-state index in [-0.39, 0.29) is 30.4 Å². The van der Waals surface area contributed by atoms with Gasteiger partial charge in [0.05, 0.1) is 18.3 Å². The van der Waals surface area contributed by atoms with Crippen LogP contribution in [0.5, 0.6) is 5.75 Å². The standard InChI is InChI=1S/C29H38ClN5O4/c1-19-6-2-3-7-20(19)29(37)34-13-11-21-22(30)9-10-26(28(21)25(34)16-33-14-15-38-18-27(33)36)39-17-23-24-8-4-5-12-35(24)32-31-23/h9-10,19-20,25H,2-8,11-18H2,1H3/t19-,20+,25+/m0/s1. The van der Waals surface area contributed by atoms with Crippen LogP contribution in [0.25, 0.3) is 0 Å². The number of ether oxygens (including phenoxy) is 2. The highest BCUT2D eigenvalue weighted by Gasteiger charge is 2.40. The van der Waals surface area contributed by atoms with Crippen LogP contribution in [0.15, 0.2) is 12.1 Å². The number of hydrogen-bond donors (Lipinski definition) is 0. The van der Waals surface area contributed by atoms with Gasteiger partial charge < -0.3 is 19.3 Å². The summed E-state index contributed by atoms with van der Waals surface area (Å²) >= 11 is 6.76. The Morgan fingerprint density at radius 3 is 2.85 bits per heavy atom. The van der Waals surface area contributed by atoms with E-state index in [0.29, 0.717) is 56.0 Å². The zero-order chi connectivity index (χ0) is 26.9. The van der Waals surface area contributed by atoms with E-state index in [4.69, 9.17) is 21.1 Å². The SMILES string of the molecule is C[C@H]1CCCC[C@H]1C(=O)N1CCc2c(Cl)ccc(OCc3nnn4c3CCCC4)c2[C@H]1CN1CCOCC1=O. The van der Waals surface area contributed by atoms with Gasteiger partial charge >= 0.3 is 0 Å². The molecule has 9 nitrogen and oxygen atoms in total. The van der Waals surface area contributed by atoms with Crippen LogP contribution in [0.1, 0.15) is 74.0 Å². The van der Waals surface area contributed by atoms with Crippen LogP contribution >= 0.6 is 11.6 Å². The highest BCUT2D eigenvalue weighted by atomic mass is 35.5. The average Bonchev–Trinajstić information content (AvgIpc) is 3.37. The monoisotopic (exact) mass is 555 g/mol. The second-order valence-corrected chi connectivity index (χ2v) is 11.9. The molecule has 6 rings (SSSR count). The third-order valence-corrected chi connectivity index (χ3v) is 9.43. The third kappa shape index (κ3) is 5.27. The van der Waals surface area contributed by atoms with Crippen molar-refractivity contribution in [1.82, 2.24) is 24.8 Å². The molecule has 10 heteroatoms. The predicted octanol–water partition coefficient (Wildman–Crippen LogP) is 3.96. The van der Waals surface area contributed by atoms with Crippen LogP contribution in [0.2, 0.25) is 5.02 Å². The van der Waals surface area contributed by atoms with Gasteiger partial charge in [-0.05, 0) is 62.1 Å². The minimum absolute atomic E-state index is 0.00915. The van der Waals surface area contributed by atoms with Crippen LogP contribution in [0.3, 0.4) is 0 Å². The lowest BCUT2D eigenvalue weighted by Gasteiger charge is -2.44. The van der Waals surface area contributed by atoms with Gasteiger partial charge in [0.15, 0.2) is 0 Å². The summed E-state index contributed by atoms with van der Waals surface area (Å²) in [7, 11) is 0. The molecule has 1 saturated carbocycles. The number of benzene rings is 1. The van der Waals surface area contributed by atoms with E-state index >= 15 is 0 Å². The Labute approximate surface area is 234 Å². The molecule has 2 aromatic rings. The van der Waals surface area contributed by atoms with Crippen molar-refractivity contribution < 1.29 is 19.1 Å². The Morgan fingerprint density at radius 2 is 2.00 bits per heavy atom. The molecule has 2 fully saturated rings. The normalized spacial score (nSPS) is 25.3. The molecule has 4 heterocycles. The van der Waals surface area contributed by atoms with E-state index in [1.54, 1.807) is 0 Å². The van der Waals surface area contributed by atoms with Gasteiger partial charge in [-0.25, -0.2) is 4.68 Å². The number of hydrogen-bond acceptors (Lipinski definition) is 6. The number of carbonyl (C=O) groups is 2. The minimum atomic E-state index is -0.333. The topological polar surface area (TPSA) is 89.8 Å². The Hall–Kier alpha value is -2.65. The smallest absolute Gasteiger partial charge is 0.248 e. The zero-order valence-electron chi connectivity index (χ0n) is 22.7. The van der Waals surface area contributed by atoms with Crippen LogP contribution < -0.4 is 4.74 Å². The van der Waals surface area contributed by atoms with Gasteiger partial charge in [-0.15, -0.1) is 5.10 Å². The summed E-state index contributed by atoms with van der Waals surface area (Å²) in [4.78, 5) is 30.8. The minimum Gasteiger partial charge on any atom is -0.487 e. The molecule has 0 N–H and O–H groups in total. The summed E-state index contributed by atoms with van der Waals surface area (Å²) in [6, 6.07) is 3.46. The highest BCUT2D eigenvalue weighted by molar-refractivity contribution is 6.31. The van der Waals surface area contributed by atoms with Crippen molar-refractivity contribution in [2.24, 2.45) is 11.8 Å². The second-order valence-electron chi connectivity index (χ2n) is 11.4. The number of rotatable bonds is 6. The molecule has 1 aromatic heterocycles. The molecular weight excluding hydrogens is 518 g/mol. The first-order chi connectivity index (χ1) is 19.0. The number of fused-ring (bicyclic) bond motifs is 2. The number of amides is 2. The molecule has 1 aromatic carbocycles. The predicted molar refractivity (Wildman–Crippen MR) is 145 cm³/mol. The highest BCUT2D eigenvalue weighted by Crippen LogP contribution is 2.43. The van der Waals surface area contributed by atoms with E-state index in [1.807, 2.05) is 26.6 Å². The number of halogens is 1. The molecule has 3 aliphatic heterocycles. The van der Waals surface area contributed by atoms with Crippen LogP contribution in [-0.4, -0.2) is 69.5 Å². The fourth-order valence-corrected chi connectivity index (χ4v) is 7.10. The van der Waals surface area contributed by atoms with Crippen molar-refractivity contribution in [2.45, 2.75) is 77.5 Å². The van der Waals surface area contributed by atoms with Crippen molar-refractivity contribution in [3.05, 3.63) is 39.7 Å². The van der Waals surface area contributed by atoms with E-state index in [9.17, 15) is 9.59 Å². The van der Waals surface area contributed by atoms with Crippen molar-refractivity contribution in [3.63, 3.8) is 0 Å². The summed E-state index contributed by atoms with van der Waals surface area (Å²) in [6.45, 7) is 5.47. The summed E-state index contributed by atoms with van der Waals surface area (Å²) in [5, 5.41) is 9.41. The third-order valence-electron chi connectivity index (χ3n) is 9.08. The molecule has 2 amide bonds. The van der Waals surface area contributed by atoms with E-state index in [1.165, 1.54) is 6.42 Å². The van der Waals surface area contributed by atoms with Gasteiger partial charge in [0, 0.05) is 42.7 Å². The maximum atomic E-state index is 14.1. The Bertz CT molecular complexity index is 1230. The number of aryl methyl sites for hydroxylation is 1. The van der Waals surface area contributed by atoms with Crippen LogP contribution in [-0.2, 0) is 40.3 Å². The van der Waals surface area contributed by atoms with Gasteiger partial charge in [0.1, 0.15) is 24.7 Å². The first kappa shape index (κ1) is 26.6. The van der Waals surface area contributed by atoms with Gasteiger partial charge in [-0.2, -0.15) is 0 Å². The molecule has 3 atom stereocenters. The van der Waals surface area contributed by atoms with Gasteiger partial charge in [-0.1, -0.05) is 36.6 Å². The number of aromatic nitrogens is 3. The molecule has 39 heavy (non-hydrogen) atoms. The van der Waals surface area contributed by atoms with Gasteiger partial charge in [-0.3, -0.25) is 9.59 Å². The van der Waals surface area contributed by atoms with Crippen molar-refractivity contribution in [2.75, 3.05) is 32.8 Å². The first-order valence-electron chi connectivity index (χ1n) is 14.5. The van der Waals surface area contributed by atoms with Crippen molar-refractivity contribution in [3.8, 4) is 5.75 Å². The fraction of sp³-hybridized carbons (Fsp3) is 0.655. The summed E-state index contributed by atoms with van der Waals surface area (Å²) in [5.74, 6) is 1.21. The summed E-state index contributed by atoms with van der Waals surface area (Å²) < 4.78 is 13.8. The Morgan fingerprint density at radius 1 is 1.13 bits per heavy atom. The van der Waals surface area contributed by atoms with Gasteiger partial charge in [0.2, 0.25) is 11.8 Å². The van der Waals surface area contributed by atoms with Crippen LogP contribution in [0.4, 0.5) is 0 Å². The molecule has 1 saturated heterocycles. The summed E-state index contributed by atoms with van der Waals surface area (Å²) in [5.41, 5.74) is 3.93. The lowest BCUT2D eigenvalue weighted by molar-refractivity contribution is -0.148. The lowest BCUT2D eigenvalue weighted by atomic mass is 9.78. The molecule has 0 spiro atoms. The molecule has 210 valence electrons. The molecule has 4 aliphatic rings. The van der Waals surface area contributed by atoms with Crippen molar-refractivity contribution in [1.29, 1.82) is 0 Å². The largest absolute Gasteiger partial charge is 0.487 e. The molecular formula is C29H38ClN5O4. The second kappa shape index (κ2) is 11.5. The Kier molecular flexibility index (Phi) is 7.80. The fourth-order valence-electron chi connectivity index (χ4n) is 6.84. The quantitative estimate of drug-likeness (QED) is 0.536. The maximum Gasteiger partial charge on any atom is 0.248 e. The first-order valence-corrected chi connectivity index (χ1v) is 14.9. The number of carbonyl (C=O) groups excluding carboxylic acids is 2. The Balaban J connectivity index is 1.34. The molecule has 0 unspecified atom stereocenters. The zero-order valence-corrected chi connectivity index (χ0v) is 23.5. The summed E-state index contributed by atoms with van der Waals surface area (Å²) in [6.07, 6.45) is 8.12. The maximum absolute atomic E-state index is 14.1. The average molecular weight is 556 g/mol. The van der Waals surface area contributed by atoms with Crippen LogP contribution in [0, 0.1) is 11.8 Å². The van der Waals surface area contributed by atoms with E-state index in [2.05, 4.69) is 17.2 Å². The lowest BCUT2D eigenvalue weighted by Crippen LogP contribution is -2.51. The number of nitrogens with zero attached hydrogens (tertiary/aromatic N) is 5. The van der Waals surface area contributed by atoms with E-state index < -0.39 is 0 Å². The molecule has 0 radical (unpaired) electrons. The number of morpholine rings is 1. The van der Waals surface area contributed by atoms with Crippen molar-refractivity contribution >= 4 is 23.4 Å². The van der Waals surface area contributed by atoms with E-state index in [0.717, 1.165) is 67.6 Å².